The molecule has 6 heteroatoms. The number of rotatable bonds is 9. The van der Waals surface area contributed by atoms with Crippen molar-refractivity contribution in [2.24, 2.45) is 0 Å². The Morgan fingerprint density at radius 3 is 1.89 bits per heavy atom. The van der Waals surface area contributed by atoms with Gasteiger partial charge in [0, 0.05) is 17.1 Å². The molecule has 0 amide bonds. The van der Waals surface area contributed by atoms with Crippen molar-refractivity contribution in [2.45, 2.75) is 12.8 Å². The Balaban J connectivity index is 2.70. The predicted molar refractivity (Wildman–Crippen MR) is 82.9 cm³/mol. The minimum atomic E-state index is -2.42. The van der Waals surface area contributed by atoms with Gasteiger partial charge in [0.2, 0.25) is 6.49 Å². The first kappa shape index (κ1) is 16.4. The molecule has 18 heavy (non-hydrogen) atoms. The minimum absolute atomic E-state index is 0.524. The number of hydrogen-bond acceptors (Lipinski definition) is 3. The van der Waals surface area contributed by atoms with E-state index in [2.05, 4.69) is 0 Å². The minimum Gasteiger partial charge on any atom is -0.326 e. The second-order valence-corrected chi connectivity index (χ2v) is 7.81. The van der Waals surface area contributed by atoms with Crippen LogP contribution in [0.25, 0.3) is 0 Å². The summed E-state index contributed by atoms with van der Waals surface area (Å²) in [5.74, 6) is 1.12. The molecule has 0 aliphatic carbocycles. The van der Waals surface area contributed by atoms with Gasteiger partial charge in [-0.05, 0) is 36.8 Å². The van der Waals surface area contributed by atoms with E-state index >= 15 is 0 Å². The monoisotopic (exact) mass is 326 g/mol. The lowest BCUT2D eigenvalue weighted by Gasteiger charge is -2.22. The van der Waals surface area contributed by atoms with Crippen molar-refractivity contribution in [3.05, 3.63) is 30.3 Å². The third-order valence-corrected chi connectivity index (χ3v) is 5.93. The van der Waals surface area contributed by atoms with Crippen LogP contribution in [0, 0.1) is 0 Å². The van der Waals surface area contributed by atoms with Crippen LogP contribution in [-0.4, -0.2) is 25.0 Å². The molecule has 0 spiro atoms. The fraction of sp³-hybridized carbons (Fsp3) is 0.500. The summed E-state index contributed by atoms with van der Waals surface area (Å²) in [5, 5.41) is 0.934. The Kier molecular flexibility index (Phi) is 8.49. The molecule has 1 aromatic carbocycles. The lowest BCUT2D eigenvalue weighted by atomic mass is 10.4. The molecular weight excluding hydrogens is 310 g/mol. The van der Waals surface area contributed by atoms with Crippen LogP contribution in [0.1, 0.15) is 12.8 Å². The zero-order chi connectivity index (χ0) is 13.3. The molecule has 0 fully saturated rings. The first-order valence-corrected chi connectivity index (χ1v) is 9.50. The van der Waals surface area contributed by atoms with E-state index in [0.717, 1.165) is 18.1 Å². The zero-order valence-electron chi connectivity index (χ0n) is 10.1. The van der Waals surface area contributed by atoms with Crippen LogP contribution >= 0.6 is 29.7 Å². The highest BCUT2D eigenvalue weighted by molar-refractivity contribution is 8.13. The summed E-state index contributed by atoms with van der Waals surface area (Å²) in [7, 11) is 0. The van der Waals surface area contributed by atoms with Crippen LogP contribution in [0.3, 0.4) is 0 Å². The second-order valence-electron chi connectivity index (χ2n) is 3.58. The smallest absolute Gasteiger partial charge is 0.219 e. The van der Waals surface area contributed by atoms with Gasteiger partial charge in [0.1, 0.15) is 0 Å². The Morgan fingerprint density at radius 1 is 0.944 bits per heavy atom. The topological polar surface area (TPSA) is 18.5 Å². The van der Waals surface area contributed by atoms with Crippen LogP contribution in [0.5, 0.6) is 0 Å². The Morgan fingerprint density at radius 2 is 1.44 bits per heavy atom. The fourth-order valence-electron chi connectivity index (χ4n) is 1.28. The molecule has 0 aliphatic rings. The summed E-state index contributed by atoms with van der Waals surface area (Å²) in [6.45, 7) is -1.37. The summed E-state index contributed by atoms with van der Waals surface area (Å²) >= 11 is 16.9. The molecule has 1 rings (SSSR count). The van der Waals surface area contributed by atoms with Gasteiger partial charge < -0.3 is 9.05 Å². The second kappa shape index (κ2) is 9.30. The van der Waals surface area contributed by atoms with E-state index in [0.29, 0.717) is 25.0 Å². The van der Waals surface area contributed by atoms with E-state index in [-0.39, 0.29) is 0 Å². The molecule has 0 N–H and O–H groups in total. The van der Waals surface area contributed by atoms with Crippen molar-refractivity contribution < 1.29 is 9.05 Å². The predicted octanol–water partition coefficient (Wildman–Crippen LogP) is 3.91. The molecule has 2 nitrogen and oxygen atoms in total. The molecule has 0 heterocycles. The van der Waals surface area contributed by atoms with E-state index < -0.39 is 6.49 Å². The molecule has 102 valence electrons. The van der Waals surface area contributed by atoms with Crippen LogP contribution < -0.4 is 5.30 Å². The number of halogens is 2. The van der Waals surface area contributed by atoms with Gasteiger partial charge in [-0.1, -0.05) is 18.2 Å². The average molecular weight is 327 g/mol. The molecule has 0 unspecified atom stereocenters. The SMILES string of the molecule is S=P(OCCCCl)(OCCCCl)c1ccccc1. The summed E-state index contributed by atoms with van der Waals surface area (Å²) in [6, 6.07) is 9.71. The largest absolute Gasteiger partial charge is 0.326 e. The van der Waals surface area contributed by atoms with Crippen LogP contribution in [0.15, 0.2) is 30.3 Å². The van der Waals surface area contributed by atoms with E-state index in [1.807, 2.05) is 30.3 Å². The van der Waals surface area contributed by atoms with Gasteiger partial charge in [-0.3, -0.25) is 0 Å². The van der Waals surface area contributed by atoms with Gasteiger partial charge in [-0.25, -0.2) is 0 Å². The first-order valence-electron chi connectivity index (χ1n) is 5.79. The van der Waals surface area contributed by atoms with Gasteiger partial charge in [-0.15, -0.1) is 23.2 Å². The summed E-state index contributed by atoms with van der Waals surface area (Å²) < 4.78 is 11.6. The van der Waals surface area contributed by atoms with Gasteiger partial charge in [0.15, 0.2) is 0 Å². The lowest BCUT2D eigenvalue weighted by molar-refractivity contribution is 0.255. The molecule has 0 radical (unpaired) electrons. The third-order valence-electron chi connectivity index (χ3n) is 2.15. The lowest BCUT2D eigenvalue weighted by Crippen LogP contribution is -2.11. The summed E-state index contributed by atoms with van der Waals surface area (Å²) in [6.07, 6.45) is 1.54. The van der Waals surface area contributed by atoms with E-state index in [4.69, 9.17) is 44.1 Å². The molecule has 0 bridgehead atoms. The van der Waals surface area contributed by atoms with Crippen molar-refractivity contribution in [2.75, 3.05) is 25.0 Å². The van der Waals surface area contributed by atoms with Crippen molar-refractivity contribution in [1.29, 1.82) is 0 Å². The molecule has 0 aromatic heterocycles. The Hall–Kier alpha value is 0.370. The maximum atomic E-state index is 5.78. The van der Waals surface area contributed by atoms with Gasteiger partial charge in [-0.2, -0.15) is 0 Å². The average Bonchev–Trinajstić information content (AvgIpc) is 2.40. The van der Waals surface area contributed by atoms with Crippen molar-refractivity contribution >= 4 is 46.8 Å². The quantitative estimate of drug-likeness (QED) is 0.389. The van der Waals surface area contributed by atoms with Crippen LogP contribution in [0.4, 0.5) is 0 Å². The third kappa shape index (κ3) is 5.56. The molecule has 0 aliphatic heterocycles. The highest BCUT2D eigenvalue weighted by Crippen LogP contribution is 2.47. The van der Waals surface area contributed by atoms with Crippen LogP contribution in [0.2, 0.25) is 0 Å². The van der Waals surface area contributed by atoms with Crippen molar-refractivity contribution in [1.82, 2.24) is 0 Å². The summed E-state index contributed by atoms with van der Waals surface area (Å²) in [5.41, 5.74) is 0. The molecule has 0 atom stereocenters. The van der Waals surface area contributed by atoms with Crippen LogP contribution in [-0.2, 0) is 20.9 Å². The van der Waals surface area contributed by atoms with Gasteiger partial charge in [0.25, 0.3) is 0 Å². The maximum Gasteiger partial charge on any atom is 0.219 e. The number of alkyl halides is 2. The van der Waals surface area contributed by atoms with Crippen molar-refractivity contribution in [3.63, 3.8) is 0 Å². The molecule has 0 saturated heterocycles. The van der Waals surface area contributed by atoms with Crippen molar-refractivity contribution in [3.8, 4) is 0 Å². The van der Waals surface area contributed by atoms with E-state index in [1.165, 1.54) is 0 Å². The highest BCUT2D eigenvalue weighted by Gasteiger charge is 2.21. The highest BCUT2D eigenvalue weighted by atomic mass is 35.5. The van der Waals surface area contributed by atoms with E-state index in [9.17, 15) is 0 Å². The van der Waals surface area contributed by atoms with Gasteiger partial charge >= 0.3 is 0 Å². The fourth-order valence-corrected chi connectivity index (χ4v) is 3.95. The number of hydrogen-bond donors (Lipinski definition) is 0. The maximum absolute atomic E-state index is 5.78. The summed E-state index contributed by atoms with van der Waals surface area (Å²) in [4.78, 5) is 0. The molecule has 0 saturated carbocycles. The molecule has 1 aromatic rings. The zero-order valence-corrected chi connectivity index (χ0v) is 13.3. The molecular formula is C12H17Cl2O2PS. The standard InChI is InChI=1S/C12H17Cl2O2PS/c13-8-4-10-15-17(18,16-11-5-9-14)12-6-2-1-3-7-12/h1-3,6-7H,4-5,8-11H2. The Labute approximate surface area is 124 Å². The Bertz CT molecular complexity index is 362. The van der Waals surface area contributed by atoms with Gasteiger partial charge in [0.05, 0.1) is 13.2 Å². The normalized spacial score (nSPS) is 11.7. The number of benzene rings is 1. The van der Waals surface area contributed by atoms with E-state index in [1.54, 1.807) is 0 Å². The first-order chi connectivity index (χ1) is 8.73.